The summed E-state index contributed by atoms with van der Waals surface area (Å²) in [5, 5.41) is 8.66. The second-order valence-electron chi connectivity index (χ2n) is 2.38. The van der Waals surface area contributed by atoms with E-state index in [1.165, 1.54) is 7.11 Å². The lowest BCUT2D eigenvalue weighted by atomic mass is 10.1. The lowest BCUT2D eigenvalue weighted by Gasteiger charge is -1.95. The smallest absolute Gasteiger partial charge is 0.342 e. The van der Waals surface area contributed by atoms with Crippen LogP contribution in [0.25, 0.3) is 0 Å². The van der Waals surface area contributed by atoms with Crippen LogP contribution >= 0.6 is 0 Å². The zero-order chi connectivity index (χ0) is 10.0. The molecule has 68 valence electrons. The minimum Gasteiger partial charge on any atom is -0.465 e. The van der Waals surface area contributed by atoms with Gasteiger partial charge in [0, 0.05) is 0 Å². The highest BCUT2D eigenvalue weighted by Crippen LogP contribution is 2.23. The van der Waals surface area contributed by atoms with E-state index >= 15 is 0 Å². The molecule has 1 rings (SSSR count). The maximum absolute atomic E-state index is 11.1. The molecule has 1 aromatic heterocycles. The third-order valence-corrected chi connectivity index (χ3v) is 1.61. The van der Waals surface area contributed by atoms with Crippen molar-refractivity contribution < 1.29 is 13.9 Å². The van der Waals surface area contributed by atoms with Crippen molar-refractivity contribution in [2.45, 2.75) is 6.92 Å². The summed E-state index contributed by atoms with van der Waals surface area (Å²) in [6, 6.07) is 1.78. The lowest BCUT2D eigenvalue weighted by Crippen LogP contribution is -2.04. The molecule has 0 fully saturated rings. The maximum atomic E-state index is 11.1. The highest BCUT2D eigenvalue weighted by Gasteiger charge is 2.22. The van der Waals surface area contributed by atoms with Crippen LogP contribution in [0.5, 0.6) is 0 Å². The number of hydrogen-bond acceptors (Lipinski definition) is 5. The predicted molar refractivity (Wildman–Crippen MR) is 43.9 cm³/mol. The van der Waals surface area contributed by atoms with Crippen LogP contribution in [0, 0.1) is 18.3 Å². The molecule has 0 unspecified atom stereocenters. The van der Waals surface area contributed by atoms with Gasteiger partial charge in [-0.1, -0.05) is 0 Å². The number of furan rings is 1. The number of nitrogens with two attached hydrogens (primary N) is 1. The topological polar surface area (TPSA) is 89.2 Å². The molecule has 0 atom stereocenters. The van der Waals surface area contributed by atoms with Crippen LogP contribution in [0.2, 0.25) is 0 Å². The number of esters is 1. The van der Waals surface area contributed by atoms with Crippen molar-refractivity contribution in [1.29, 1.82) is 5.26 Å². The largest absolute Gasteiger partial charge is 0.465 e. The fourth-order valence-electron chi connectivity index (χ4n) is 1.03. The minimum absolute atomic E-state index is 0.0318. The SMILES string of the molecule is COC(=O)c1c(C)oc(N)c1C#N. The number of carbonyl (C=O) groups excluding carboxylic acids is 1. The second-order valence-corrected chi connectivity index (χ2v) is 2.38. The number of anilines is 1. The molecule has 13 heavy (non-hydrogen) atoms. The van der Waals surface area contributed by atoms with Crippen molar-refractivity contribution in [2.75, 3.05) is 12.8 Å². The Balaban J connectivity index is 3.35. The highest BCUT2D eigenvalue weighted by molar-refractivity contribution is 5.94. The standard InChI is InChI=1S/C8H8N2O3/c1-4-6(8(11)12-2)5(3-9)7(10)13-4/h10H2,1-2H3. The Bertz CT molecular complexity index is 387. The molecule has 0 aliphatic carbocycles. The normalized spacial score (nSPS) is 9.31. The third kappa shape index (κ3) is 1.34. The van der Waals surface area contributed by atoms with Crippen molar-refractivity contribution in [3.05, 3.63) is 16.9 Å². The van der Waals surface area contributed by atoms with E-state index in [9.17, 15) is 4.79 Å². The van der Waals surface area contributed by atoms with Crippen LogP contribution in [-0.2, 0) is 4.74 Å². The van der Waals surface area contributed by atoms with Gasteiger partial charge in [-0.05, 0) is 6.92 Å². The third-order valence-electron chi connectivity index (χ3n) is 1.61. The van der Waals surface area contributed by atoms with Crippen LogP contribution in [0.4, 0.5) is 5.88 Å². The molecular weight excluding hydrogens is 172 g/mol. The number of nitriles is 1. The number of aryl methyl sites for hydroxylation is 1. The summed E-state index contributed by atoms with van der Waals surface area (Å²) < 4.78 is 9.38. The molecule has 0 radical (unpaired) electrons. The summed E-state index contributed by atoms with van der Waals surface area (Å²) in [4.78, 5) is 11.1. The summed E-state index contributed by atoms with van der Waals surface area (Å²) in [5.41, 5.74) is 5.48. The molecule has 0 amide bonds. The van der Waals surface area contributed by atoms with Gasteiger partial charge in [-0.25, -0.2) is 4.79 Å². The first kappa shape index (κ1) is 9.13. The van der Waals surface area contributed by atoms with E-state index in [-0.39, 0.29) is 17.0 Å². The molecular formula is C8H8N2O3. The molecule has 0 aromatic carbocycles. The highest BCUT2D eigenvalue weighted by atomic mass is 16.5. The minimum atomic E-state index is -0.616. The Morgan fingerprint density at radius 1 is 1.69 bits per heavy atom. The van der Waals surface area contributed by atoms with Crippen LogP contribution in [0.3, 0.4) is 0 Å². The Morgan fingerprint density at radius 3 is 2.77 bits per heavy atom. The molecule has 1 heterocycles. The molecule has 0 bridgehead atoms. The average molecular weight is 180 g/mol. The lowest BCUT2D eigenvalue weighted by molar-refractivity contribution is 0.0598. The molecule has 2 N–H and O–H groups in total. The number of hydrogen-bond donors (Lipinski definition) is 1. The van der Waals surface area contributed by atoms with Gasteiger partial charge in [0.05, 0.1) is 7.11 Å². The van der Waals surface area contributed by atoms with E-state index < -0.39 is 5.97 Å². The Kier molecular flexibility index (Phi) is 2.24. The monoisotopic (exact) mass is 180 g/mol. The molecule has 0 saturated heterocycles. The van der Waals surface area contributed by atoms with Crippen molar-refractivity contribution in [1.82, 2.24) is 0 Å². The molecule has 1 aromatic rings. The van der Waals surface area contributed by atoms with Gasteiger partial charge >= 0.3 is 5.97 Å². The molecule has 0 aliphatic heterocycles. The van der Waals surface area contributed by atoms with E-state index in [2.05, 4.69) is 4.74 Å². The average Bonchev–Trinajstić information content (AvgIpc) is 2.39. The zero-order valence-corrected chi connectivity index (χ0v) is 7.25. The molecule has 0 saturated carbocycles. The van der Waals surface area contributed by atoms with Gasteiger partial charge in [0.2, 0.25) is 5.88 Å². The van der Waals surface area contributed by atoms with Gasteiger partial charge in [0.15, 0.2) is 0 Å². The van der Waals surface area contributed by atoms with Crippen LogP contribution in [0.1, 0.15) is 21.7 Å². The zero-order valence-electron chi connectivity index (χ0n) is 7.25. The van der Waals surface area contributed by atoms with Gasteiger partial charge in [0.25, 0.3) is 0 Å². The van der Waals surface area contributed by atoms with Crippen LogP contribution < -0.4 is 5.73 Å². The summed E-state index contributed by atoms with van der Waals surface area (Å²) in [6.45, 7) is 1.55. The summed E-state index contributed by atoms with van der Waals surface area (Å²) in [7, 11) is 1.23. The number of methoxy groups -OCH3 is 1. The van der Waals surface area contributed by atoms with Gasteiger partial charge in [0.1, 0.15) is 23.0 Å². The van der Waals surface area contributed by atoms with Gasteiger partial charge in [-0.15, -0.1) is 0 Å². The Labute approximate surface area is 74.7 Å². The van der Waals surface area contributed by atoms with Crippen molar-refractivity contribution in [3.8, 4) is 6.07 Å². The van der Waals surface area contributed by atoms with E-state index in [1.54, 1.807) is 13.0 Å². The molecule has 0 spiro atoms. The first-order chi connectivity index (χ1) is 6.11. The summed E-state index contributed by atoms with van der Waals surface area (Å²) >= 11 is 0. The van der Waals surface area contributed by atoms with Crippen LogP contribution in [-0.4, -0.2) is 13.1 Å². The fraction of sp³-hybridized carbons (Fsp3) is 0.250. The number of rotatable bonds is 1. The van der Waals surface area contributed by atoms with E-state index in [4.69, 9.17) is 15.4 Å². The Morgan fingerprint density at radius 2 is 2.31 bits per heavy atom. The maximum Gasteiger partial charge on any atom is 0.342 e. The first-order valence-electron chi connectivity index (χ1n) is 3.49. The van der Waals surface area contributed by atoms with E-state index in [0.717, 1.165) is 0 Å². The second kappa shape index (κ2) is 3.19. The van der Waals surface area contributed by atoms with Gasteiger partial charge in [-0.2, -0.15) is 5.26 Å². The summed E-state index contributed by atoms with van der Waals surface area (Å²) in [5.74, 6) is -0.379. The quantitative estimate of drug-likeness (QED) is 0.646. The summed E-state index contributed by atoms with van der Waals surface area (Å²) in [6.07, 6.45) is 0. The molecule has 5 heteroatoms. The predicted octanol–water partition coefficient (Wildman–Crippen LogP) is 0.829. The number of carbonyl (C=O) groups is 1. The van der Waals surface area contributed by atoms with Gasteiger partial charge < -0.3 is 14.9 Å². The number of ether oxygens (including phenoxy) is 1. The number of nitrogens with zero attached hydrogens (tertiary/aromatic N) is 1. The number of nitrogen functional groups attached to an aromatic ring is 1. The molecule has 0 aliphatic rings. The van der Waals surface area contributed by atoms with Crippen molar-refractivity contribution >= 4 is 11.9 Å². The fourth-order valence-corrected chi connectivity index (χ4v) is 1.03. The van der Waals surface area contributed by atoms with E-state index in [0.29, 0.717) is 5.76 Å². The molecule has 5 nitrogen and oxygen atoms in total. The van der Waals surface area contributed by atoms with Crippen LogP contribution in [0.15, 0.2) is 4.42 Å². The van der Waals surface area contributed by atoms with Crippen molar-refractivity contribution in [2.24, 2.45) is 0 Å². The van der Waals surface area contributed by atoms with Crippen molar-refractivity contribution in [3.63, 3.8) is 0 Å². The first-order valence-corrected chi connectivity index (χ1v) is 3.49. The van der Waals surface area contributed by atoms with E-state index in [1.807, 2.05) is 0 Å². The van der Waals surface area contributed by atoms with Gasteiger partial charge in [-0.3, -0.25) is 0 Å². The Hall–Kier alpha value is -1.96.